The van der Waals surface area contributed by atoms with E-state index >= 15 is 0 Å². The summed E-state index contributed by atoms with van der Waals surface area (Å²) in [6.45, 7) is 2.22. The van der Waals surface area contributed by atoms with E-state index in [4.69, 9.17) is 10.5 Å². The lowest BCUT2D eigenvalue weighted by atomic mass is 9.79. The van der Waals surface area contributed by atoms with E-state index in [0.29, 0.717) is 39.1 Å². The summed E-state index contributed by atoms with van der Waals surface area (Å²) in [4.78, 5) is 14.8. The minimum atomic E-state index is -0.461. The van der Waals surface area contributed by atoms with Gasteiger partial charge in [-0.25, -0.2) is 0 Å². The van der Waals surface area contributed by atoms with Crippen molar-refractivity contribution in [1.82, 2.24) is 4.90 Å². The molecule has 0 unspecified atom stereocenters. The highest BCUT2D eigenvalue weighted by atomic mass is 35.5. The van der Waals surface area contributed by atoms with E-state index in [0.717, 1.165) is 5.56 Å². The number of hydrogen-bond donors (Lipinski definition) is 1. The summed E-state index contributed by atoms with van der Waals surface area (Å²) in [5.41, 5.74) is 6.66. The molecule has 3 rings (SSSR count). The molecule has 1 aliphatic rings. The van der Waals surface area contributed by atoms with E-state index in [1.165, 1.54) is 10.8 Å². The molecule has 5 heteroatoms. The molecular formula is C19H25ClN2O2. The van der Waals surface area contributed by atoms with Crippen LogP contribution >= 0.6 is 12.4 Å². The fraction of sp³-hybridized carbons (Fsp3) is 0.421. The number of benzene rings is 2. The molecule has 1 amide bonds. The van der Waals surface area contributed by atoms with Crippen molar-refractivity contribution < 1.29 is 9.53 Å². The van der Waals surface area contributed by atoms with E-state index < -0.39 is 5.41 Å². The monoisotopic (exact) mass is 348 g/mol. The molecular weight excluding hydrogens is 324 g/mol. The lowest BCUT2D eigenvalue weighted by Crippen LogP contribution is -2.49. The predicted molar refractivity (Wildman–Crippen MR) is 99.2 cm³/mol. The van der Waals surface area contributed by atoms with Crippen LogP contribution in [0.25, 0.3) is 10.8 Å². The molecule has 130 valence electrons. The summed E-state index contributed by atoms with van der Waals surface area (Å²) in [6.07, 6.45) is 1.42. The number of nitrogens with zero attached hydrogens (tertiary/aromatic N) is 1. The van der Waals surface area contributed by atoms with Crippen molar-refractivity contribution in [3.05, 3.63) is 48.0 Å². The molecule has 2 aromatic rings. The number of carbonyl (C=O) groups is 1. The number of ether oxygens (including phenoxy) is 1. The molecule has 0 saturated carbocycles. The second-order valence-corrected chi connectivity index (χ2v) is 6.40. The Bertz CT molecular complexity index is 693. The van der Waals surface area contributed by atoms with E-state index in [1.807, 2.05) is 30.1 Å². The Morgan fingerprint density at radius 1 is 1.17 bits per heavy atom. The van der Waals surface area contributed by atoms with Crippen LogP contribution in [0.2, 0.25) is 0 Å². The first-order valence-corrected chi connectivity index (χ1v) is 8.16. The van der Waals surface area contributed by atoms with Crippen molar-refractivity contribution in [3.63, 3.8) is 0 Å². The third-order valence-electron chi connectivity index (χ3n) is 4.93. The van der Waals surface area contributed by atoms with Gasteiger partial charge >= 0.3 is 0 Å². The summed E-state index contributed by atoms with van der Waals surface area (Å²) in [5.74, 6) is 0.135. The Hall–Kier alpha value is -1.62. The Morgan fingerprint density at radius 2 is 1.83 bits per heavy atom. The van der Waals surface area contributed by atoms with Crippen LogP contribution in [0.15, 0.2) is 42.5 Å². The molecule has 1 aliphatic heterocycles. The highest BCUT2D eigenvalue weighted by Crippen LogP contribution is 2.32. The van der Waals surface area contributed by atoms with Crippen molar-refractivity contribution >= 4 is 29.1 Å². The van der Waals surface area contributed by atoms with Gasteiger partial charge in [-0.2, -0.15) is 0 Å². The van der Waals surface area contributed by atoms with Gasteiger partial charge in [-0.3, -0.25) is 4.79 Å². The maximum absolute atomic E-state index is 13.0. The normalized spacial score (nSPS) is 16.4. The largest absolute Gasteiger partial charge is 0.381 e. The summed E-state index contributed by atoms with van der Waals surface area (Å²) in [5, 5.41) is 2.40. The third-order valence-corrected chi connectivity index (χ3v) is 4.93. The Kier molecular flexibility index (Phi) is 6.21. The second kappa shape index (κ2) is 7.97. The maximum atomic E-state index is 13.0. The molecule has 1 heterocycles. The zero-order valence-corrected chi connectivity index (χ0v) is 14.8. The van der Waals surface area contributed by atoms with Crippen LogP contribution < -0.4 is 5.73 Å². The zero-order chi connectivity index (χ0) is 16.3. The minimum Gasteiger partial charge on any atom is -0.381 e. The van der Waals surface area contributed by atoms with Crippen LogP contribution in [0, 0.1) is 5.41 Å². The highest BCUT2D eigenvalue weighted by molar-refractivity contribution is 5.87. The Balaban J connectivity index is 0.00000208. The molecule has 2 aromatic carbocycles. The van der Waals surface area contributed by atoms with Crippen LogP contribution in [-0.4, -0.2) is 37.6 Å². The lowest BCUT2D eigenvalue weighted by molar-refractivity contribution is -0.146. The van der Waals surface area contributed by atoms with Gasteiger partial charge in [-0.1, -0.05) is 42.5 Å². The summed E-state index contributed by atoms with van der Waals surface area (Å²) in [6, 6.07) is 14.5. The fourth-order valence-electron chi connectivity index (χ4n) is 3.43. The smallest absolute Gasteiger partial charge is 0.230 e. The van der Waals surface area contributed by atoms with E-state index in [-0.39, 0.29) is 18.3 Å². The van der Waals surface area contributed by atoms with Gasteiger partial charge in [0.1, 0.15) is 0 Å². The highest BCUT2D eigenvalue weighted by Gasteiger charge is 2.40. The number of hydrogen-bond acceptors (Lipinski definition) is 3. The predicted octanol–water partition coefficient (Wildman–Crippen LogP) is 2.98. The summed E-state index contributed by atoms with van der Waals surface area (Å²) >= 11 is 0. The molecule has 0 aromatic heterocycles. The van der Waals surface area contributed by atoms with E-state index in [1.54, 1.807) is 0 Å². The van der Waals surface area contributed by atoms with Crippen molar-refractivity contribution in [1.29, 1.82) is 0 Å². The molecule has 24 heavy (non-hydrogen) atoms. The molecule has 0 atom stereocenters. The van der Waals surface area contributed by atoms with E-state index in [2.05, 4.69) is 24.3 Å². The number of carbonyl (C=O) groups excluding carboxylic acids is 1. The molecule has 4 nitrogen and oxygen atoms in total. The van der Waals surface area contributed by atoms with Crippen LogP contribution in [-0.2, 0) is 16.1 Å². The topological polar surface area (TPSA) is 55.6 Å². The number of fused-ring (bicyclic) bond motifs is 1. The van der Waals surface area contributed by atoms with Crippen LogP contribution in [0.5, 0.6) is 0 Å². The minimum absolute atomic E-state index is 0. The molecule has 2 N–H and O–H groups in total. The first-order valence-electron chi connectivity index (χ1n) is 8.16. The third kappa shape index (κ3) is 3.56. The molecule has 0 aliphatic carbocycles. The van der Waals surface area contributed by atoms with Gasteiger partial charge in [-0.15, -0.1) is 12.4 Å². The van der Waals surface area contributed by atoms with Gasteiger partial charge < -0.3 is 15.4 Å². The molecule has 1 saturated heterocycles. The van der Waals surface area contributed by atoms with Gasteiger partial charge in [0.15, 0.2) is 0 Å². The number of rotatable bonds is 4. The SMILES string of the molecule is CN(Cc1cccc2ccccc12)C(=O)C1(CN)CCOCC1.Cl. The van der Waals surface area contributed by atoms with Gasteiger partial charge in [-0.05, 0) is 29.2 Å². The molecule has 1 fully saturated rings. The van der Waals surface area contributed by atoms with E-state index in [9.17, 15) is 4.79 Å². The summed E-state index contributed by atoms with van der Waals surface area (Å²) in [7, 11) is 1.87. The first kappa shape index (κ1) is 18.7. The fourth-order valence-corrected chi connectivity index (χ4v) is 3.43. The summed E-state index contributed by atoms with van der Waals surface area (Å²) < 4.78 is 5.41. The quantitative estimate of drug-likeness (QED) is 0.924. The average Bonchev–Trinajstić information content (AvgIpc) is 2.62. The number of halogens is 1. The van der Waals surface area contributed by atoms with Crippen LogP contribution in [0.1, 0.15) is 18.4 Å². The van der Waals surface area contributed by atoms with Crippen molar-refractivity contribution in [2.45, 2.75) is 19.4 Å². The molecule has 0 radical (unpaired) electrons. The van der Waals surface area contributed by atoms with Crippen LogP contribution in [0.4, 0.5) is 0 Å². The van der Waals surface area contributed by atoms with Crippen molar-refractivity contribution in [2.75, 3.05) is 26.8 Å². The van der Waals surface area contributed by atoms with Crippen molar-refractivity contribution in [2.24, 2.45) is 11.1 Å². The second-order valence-electron chi connectivity index (χ2n) is 6.40. The number of nitrogens with two attached hydrogens (primary N) is 1. The molecule has 0 bridgehead atoms. The standard InChI is InChI=1S/C19H24N2O2.ClH/c1-21(18(22)19(14-20)9-11-23-12-10-19)13-16-7-4-6-15-5-2-3-8-17(15)16;/h2-8H,9-14,20H2,1H3;1H. The maximum Gasteiger partial charge on any atom is 0.230 e. The zero-order valence-electron chi connectivity index (χ0n) is 14.0. The number of amides is 1. The average molecular weight is 349 g/mol. The Morgan fingerprint density at radius 3 is 2.54 bits per heavy atom. The molecule has 0 spiro atoms. The van der Waals surface area contributed by atoms with Gasteiger partial charge in [0.05, 0.1) is 5.41 Å². The Labute approximate surface area is 149 Å². The van der Waals surface area contributed by atoms with Gasteiger partial charge in [0, 0.05) is 33.4 Å². The lowest BCUT2D eigenvalue weighted by Gasteiger charge is -2.37. The van der Waals surface area contributed by atoms with Gasteiger partial charge in [0.25, 0.3) is 0 Å². The van der Waals surface area contributed by atoms with Crippen LogP contribution in [0.3, 0.4) is 0 Å². The van der Waals surface area contributed by atoms with Gasteiger partial charge in [0.2, 0.25) is 5.91 Å². The first-order chi connectivity index (χ1) is 11.2. The van der Waals surface area contributed by atoms with Crippen molar-refractivity contribution in [3.8, 4) is 0 Å².